The number of rotatable bonds is 5. The Hall–Kier alpha value is -2.85. The van der Waals surface area contributed by atoms with E-state index in [4.69, 9.17) is 0 Å². The van der Waals surface area contributed by atoms with Gasteiger partial charge < -0.3 is 4.90 Å². The molecule has 0 radical (unpaired) electrons. The Labute approximate surface area is 167 Å². The highest BCUT2D eigenvalue weighted by atomic mass is 32.2. The molecule has 0 atom stereocenters. The average Bonchev–Trinajstić information content (AvgIpc) is 2.68. The zero-order chi connectivity index (χ0) is 21.2. The van der Waals surface area contributed by atoms with E-state index in [-0.39, 0.29) is 29.2 Å². The first-order valence-electron chi connectivity index (χ1n) is 9.00. The summed E-state index contributed by atoms with van der Waals surface area (Å²) >= 11 is 0. The Morgan fingerprint density at radius 1 is 1.21 bits per heavy atom. The Bertz CT molecular complexity index is 1050. The van der Waals surface area contributed by atoms with E-state index in [0.717, 1.165) is 6.07 Å². The number of nitro benzene ring substituents is 1. The molecular weight excluding hydrogens is 401 g/mol. The number of carbonyl (C=O) groups is 1. The number of piperidine rings is 1. The summed E-state index contributed by atoms with van der Waals surface area (Å²) in [4.78, 5) is 24.2. The number of nitro groups is 1. The van der Waals surface area contributed by atoms with Crippen LogP contribution in [0.5, 0.6) is 0 Å². The van der Waals surface area contributed by atoms with Gasteiger partial charge in [0.1, 0.15) is 5.82 Å². The topological polar surface area (TPSA) is 110 Å². The minimum Gasteiger partial charge on any atom is -0.338 e. The average molecular weight is 421 g/mol. The SMILES string of the molecule is Cc1ccc(S(=O)(=O)NC2CCN(C(=O)c3ccccc3F)CC2)cc1[N+](=O)[O-]. The first-order valence-corrected chi connectivity index (χ1v) is 10.5. The molecular formula is C19H20FN3O5S. The summed E-state index contributed by atoms with van der Waals surface area (Å²) in [5, 5.41) is 11.1. The fraction of sp³-hybridized carbons (Fsp3) is 0.316. The van der Waals surface area contributed by atoms with Crippen LogP contribution < -0.4 is 4.72 Å². The van der Waals surface area contributed by atoms with E-state index in [1.807, 2.05) is 0 Å². The van der Waals surface area contributed by atoms with E-state index in [9.17, 15) is 27.7 Å². The van der Waals surface area contributed by atoms with Crippen LogP contribution >= 0.6 is 0 Å². The molecule has 1 aliphatic rings. The number of halogens is 1. The van der Waals surface area contributed by atoms with E-state index >= 15 is 0 Å². The summed E-state index contributed by atoms with van der Waals surface area (Å²) in [7, 11) is -3.95. The zero-order valence-electron chi connectivity index (χ0n) is 15.7. The van der Waals surface area contributed by atoms with Crippen molar-refractivity contribution in [1.29, 1.82) is 0 Å². The summed E-state index contributed by atoms with van der Waals surface area (Å²) in [6.45, 7) is 2.08. The molecule has 1 saturated heterocycles. The lowest BCUT2D eigenvalue weighted by atomic mass is 10.0. The Kier molecular flexibility index (Phi) is 5.94. The Morgan fingerprint density at radius 3 is 2.48 bits per heavy atom. The van der Waals surface area contributed by atoms with Crippen molar-refractivity contribution in [2.24, 2.45) is 0 Å². The minimum absolute atomic E-state index is 0.0153. The maximum absolute atomic E-state index is 13.8. The van der Waals surface area contributed by atoms with Crippen LogP contribution in [0.1, 0.15) is 28.8 Å². The van der Waals surface area contributed by atoms with Crippen molar-refractivity contribution in [2.75, 3.05) is 13.1 Å². The maximum Gasteiger partial charge on any atom is 0.273 e. The smallest absolute Gasteiger partial charge is 0.273 e. The standard InChI is InChI=1S/C19H20FN3O5S/c1-13-6-7-15(12-18(13)23(25)26)29(27,28)21-14-8-10-22(11-9-14)19(24)16-4-2-3-5-17(16)20/h2-7,12,14,21H,8-11H2,1H3. The number of hydrogen-bond acceptors (Lipinski definition) is 5. The van der Waals surface area contributed by atoms with Gasteiger partial charge in [0.25, 0.3) is 11.6 Å². The second-order valence-electron chi connectivity index (χ2n) is 6.87. The third-order valence-corrected chi connectivity index (χ3v) is 6.41. The first-order chi connectivity index (χ1) is 13.7. The third kappa shape index (κ3) is 4.60. The molecule has 1 amide bonds. The highest BCUT2D eigenvalue weighted by molar-refractivity contribution is 7.89. The van der Waals surface area contributed by atoms with Crippen LogP contribution in [0.2, 0.25) is 0 Å². The predicted molar refractivity (Wildman–Crippen MR) is 103 cm³/mol. The quantitative estimate of drug-likeness (QED) is 0.590. The molecule has 1 heterocycles. The van der Waals surface area contributed by atoms with Gasteiger partial charge in [-0.15, -0.1) is 0 Å². The van der Waals surface area contributed by atoms with Gasteiger partial charge in [0.2, 0.25) is 10.0 Å². The lowest BCUT2D eigenvalue weighted by molar-refractivity contribution is -0.385. The van der Waals surface area contributed by atoms with E-state index in [0.29, 0.717) is 18.4 Å². The maximum atomic E-state index is 13.8. The molecule has 154 valence electrons. The lowest BCUT2D eigenvalue weighted by Crippen LogP contribution is -2.46. The van der Waals surface area contributed by atoms with Crippen molar-refractivity contribution in [3.63, 3.8) is 0 Å². The van der Waals surface area contributed by atoms with Crippen LogP contribution in [0.3, 0.4) is 0 Å². The third-order valence-electron chi connectivity index (χ3n) is 4.90. The number of benzene rings is 2. The van der Waals surface area contributed by atoms with Crippen molar-refractivity contribution < 1.29 is 22.5 Å². The molecule has 1 aliphatic heterocycles. The van der Waals surface area contributed by atoms with Crippen LogP contribution in [0, 0.1) is 22.9 Å². The summed E-state index contributed by atoms with van der Waals surface area (Å²) < 4.78 is 41.6. The number of sulfonamides is 1. The van der Waals surface area contributed by atoms with Crippen LogP contribution in [-0.4, -0.2) is 43.3 Å². The Morgan fingerprint density at radius 2 is 1.86 bits per heavy atom. The molecule has 1 N–H and O–H groups in total. The Balaban J connectivity index is 1.66. The second kappa shape index (κ2) is 8.26. The van der Waals surface area contributed by atoms with Crippen molar-refractivity contribution >= 4 is 21.6 Å². The van der Waals surface area contributed by atoms with E-state index in [1.54, 1.807) is 6.07 Å². The van der Waals surface area contributed by atoms with Crippen molar-refractivity contribution in [3.8, 4) is 0 Å². The predicted octanol–water partition coefficient (Wildman–Crippen LogP) is 2.63. The molecule has 10 heteroatoms. The van der Waals surface area contributed by atoms with E-state index in [2.05, 4.69) is 4.72 Å². The molecule has 2 aromatic carbocycles. The van der Waals surface area contributed by atoms with Gasteiger partial charge in [-0.2, -0.15) is 0 Å². The molecule has 0 saturated carbocycles. The molecule has 2 aromatic rings. The second-order valence-corrected chi connectivity index (χ2v) is 8.59. The van der Waals surface area contributed by atoms with Crippen LogP contribution in [0.25, 0.3) is 0 Å². The molecule has 0 spiro atoms. The van der Waals surface area contributed by atoms with Crippen LogP contribution in [0.15, 0.2) is 47.4 Å². The largest absolute Gasteiger partial charge is 0.338 e. The van der Waals surface area contributed by atoms with Gasteiger partial charge in [0, 0.05) is 30.8 Å². The molecule has 0 aromatic heterocycles. The number of aryl methyl sites for hydroxylation is 1. The van der Waals surface area contributed by atoms with Crippen molar-refractivity contribution in [1.82, 2.24) is 9.62 Å². The summed E-state index contributed by atoms with van der Waals surface area (Å²) in [6.07, 6.45) is 0.709. The zero-order valence-corrected chi connectivity index (χ0v) is 16.5. The molecule has 3 rings (SSSR count). The highest BCUT2D eigenvalue weighted by Gasteiger charge is 2.29. The van der Waals surface area contributed by atoms with Gasteiger partial charge in [-0.3, -0.25) is 14.9 Å². The normalized spacial score (nSPS) is 15.3. The molecule has 0 aliphatic carbocycles. The fourth-order valence-electron chi connectivity index (χ4n) is 3.25. The molecule has 1 fully saturated rings. The van der Waals surface area contributed by atoms with Gasteiger partial charge in [-0.1, -0.05) is 18.2 Å². The van der Waals surface area contributed by atoms with Crippen molar-refractivity contribution in [3.05, 3.63) is 69.5 Å². The number of likely N-dealkylation sites (tertiary alicyclic amines) is 1. The van der Waals surface area contributed by atoms with E-state index in [1.165, 1.54) is 42.2 Å². The van der Waals surface area contributed by atoms with E-state index < -0.39 is 32.7 Å². The summed E-state index contributed by atoms with van der Waals surface area (Å²) in [5.41, 5.74) is 0.0885. The summed E-state index contributed by atoms with van der Waals surface area (Å²) in [6, 6.07) is 9.04. The van der Waals surface area contributed by atoms with Crippen LogP contribution in [-0.2, 0) is 10.0 Å². The van der Waals surface area contributed by atoms with Gasteiger partial charge >= 0.3 is 0 Å². The fourth-order valence-corrected chi connectivity index (χ4v) is 4.57. The first kappa shape index (κ1) is 20.9. The minimum atomic E-state index is -3.95. The van der Waals surface area contributed by atoms with Crippen molar-refractivity contribution in [2.45, 2.75) is 30.7 Å². The van der Waals surface area contributed by atoms with Crippen LogP contribution in [0.4, 0.5) is 10.1 Å². The molecule has 8 nitrogen and oxygen atoms in total. The van der Waals surface area contributed by atoms with Gasteiger partial charge in [-0.25, -0.2) is 17.5 Å². The number of amides is 1. The molecule has 0 unspecified atom stereocenters. The van der Waals surface area contributed by atoms with Gasteiger partial charge in [-0.05, 0) is 38.0 Å². The molecule has 29 heavy (non-hydrogen) atoms. The summed E-state index contributed by atoms with van der Waals surface area (Å²) in [5.74, 6) is -1.03. The van der Waals surface area contributed by atoms with Gasteiger partial charge in [0.15, 0.2) is 0 Å². The lowest BCUT2D eigenvalue weighted by Gasteiger charge is -2.32. The number of nitrogens with zero attached hydrogens (tertiary/aromatic N) is 2. The highest BCUT2D eigenvalue weighted by Crippen LogP contribution is 2.23. The molecule has 0 bridgehead atoms. The number of nitrogens with one attached hydrogen (secondary N) is 1. The van der Waals surface area contributed by atoms with Gasteiger partial charge in [0.05, 0.1) is 15.4 Å². The number of hydrogen-bond donors (Lipinski definition) is 1. The monoisotopic (exact) mass is 421 g/mol. The number of carbonyl (C=O) groups excluding carboxylic acids is 1.